The number of rotatable bonds is 8. The van der Waals surface area contributed by atoms with E-state index in [0.717, 1.165) is 25.2 Å². The zero-order valence-corrected chi connectivity index (χ0v) is 13.7. The van der Waals surface area contributed by atoms with Crippen LogP contribution in [0.25, 0.3) is 0 Å². The molecule has 0 heterocycles. The lowest BCUT2D eigenvalue weighted by Gasteiger charge is -2.29. The molecule has 2 unspecified atom stereocenters. The maximum absolute atomic E-state index is 5.96. The van der Waals surface area contributed by atoms with Crippen molar-refractivity contribution in [3.63, 3.8) is 0 Å². The summed E-state index contributed by atoms with van der Waals surface area (Å²) in [5, 5.41) is 3.42. The third-order valence-corrected chi connectivity index (χ3v) is 3.66. The molecule has 0 amide bonds. The Morgan fingerprint density at radius 3 is 2.40 bits per heavy atom. The minimum Gasteiger partial charge on any atom is -0.496 e. The van der Waals surface area contributed by atoms with Crippen LogP contribution in [-0.2, 0) is 4.74 Å². The van der Waals surface area contributed by atoms with E-state index < -0.39 is 0 Å². The molecule has 1 rings (SSSR count). The molecule has 1 aromatic rings. The second kappa shape index (κ2) is 8.28. The maximum Gasteiger partial charge on any atom is 0.124 e. The molecule has 0 aliphatic heterocycles. The second-order valence-corrected chi connectivity index (χ2v) is 5.25. The largest absolute Gasteiger partial charge is 0.496 e. The Hall–Kier alpha value is -1.06. The minimum absolute atomic E-state index is 0.158. The van der Waals surface area contributed by atoms with Gasteiger partial charge in [-0.3, -0.25) is 0 Å². The molecule has 0 aliphatic rings. The Bertz CT molecular complexity index is 412. The summed E-state index contributed by atoms with van der Waals surface area (Å²) in [5.41, 5.74) is 3.69. The molecule has 20 heavy (non-hydrogen) atoms. The number of ether oxygens (including phenoxy) is 2. The average molecular weight is 279 g/mol. The fourth-order valence-corrected chi connectivity index (χ4v) is 2.87. The Kier molecular flexibility index (Phi) is 7.03. The molecule has 0 radical (unpaired) electrons. The minimum atomic E-state index is 0.158. The van der Waals surface area contributed by atoms with Crippen LogP contribution in [-0.4, -0.2) is 26.9 Å². The summed E-state index contributed by atoms with van der Waals surface area (Å²) >= 11 is 0. The summed E-state index contributed by atoms with van der Waals surface area (Å²) in [6.45, 7) is 9.21. The molecule has 1 aromatic carbocycles. The SMILES string of the molecule is CCCC(OCC)C(NC)c1c(C)cc(C)cc1OC. The van der Waals surface area contributed by atoms with Crippen LogP contribution in [0.5, 0.6) is 5.75 Å². The smallest absolute Gasteiger partial charge is 0.124 e. The van der Waals surface area contributed by atoms with Crippen molar-refractivity contribution in [3.8, 4) is 5.75 Å². The van der Waals surface area contributed by atoms with E-state index in [2.05, 4.69) is 45.1 Å². The molecule has 0 fully saturated rings. The van der Waals surface area contributed by atoms with Gasteiger partial charge in [-0.15, -0.1) is 0 Å². The monoisotopic (exact) mass is 279 g/mol. The van der Waals surface area contributed by atoms with Gasteiger partial charge in [0.25, 0.3) is 0 Å². The lowest BCUT2D eigenvalue weighted by Crippen LogP contribution is -2.32. The molecule has 0 saturated heterocycles. The van der Waals surface area contributed by atoms with Gasteiger partial charge in [-0.25, -0.2) is 0 Å². The molecule has 114 valence electrons. The van der Waals surface area contributed by atoms with Gasteiger partial charge in [0.2, 0.25) is 0 Å². The van der Waals surface area contributed by atoms with Gasteiger partial charge < -0.3 is 14.8 Å². The van der Waals surface area contributed by atoms with Crippen molar-refractivity contribution in [1.82, 2.24) is 5.32 Å². The van der Waals surface area contributed by atoms with Crippen LogP contribution in [0.1, 0.15) is 49.4 Å². The molecule has 3 heteroatoms. The summed E-state index contributed by atoms with van der Waals surface area (Å²) in [4.78, 5) is 0. The summed E-state index contributed by atoms with van der Waals surface area (Å²) in [5.74, 6) is 0.947. The fraction of sp³-hybridized carbons (Fsp3) is 0.647. The van der Waals surface area contributed by atoms with Crippen molar-refractivity contribution in [1.29, 1.82) is 0 Å². The normalized spacial score (nSPS) is 14.1. The predicted octanol–water partition coefficient (Wildman–Crippen LogP) is 3.78. The van der Waals surface area contributed by atoms with Crippen LogP contribution in [0.3, 0.4) is 0 Å². The van der Waals surface area contributed by atoms with Crippen molar-refractivity contribution < 1.29 is 9.47 Å². The van der Waals surface area contributed by atoms with Gasteiger partial charge in [-0.05, 0) is 51.4 Å². The molecule has 2 atom stereocenters. The number of nitrogens with one attached hydrogen (secondary N) is 1. The van der Waals surface area contributed by atoms with Gasteiger partial charge >= 0.3 is 0 Å². The molecular formula is C17H29NO2. The van der Waals surface area contributed by atoms with Crippen LogP contribution in [0.4, 0.5) is 0 Å². The molecule has 0 aromatic heterocycles. The summed E-state index contributed by atoms with van der Waals surface area (Å²) in [7, 11) is 3.73. The first kappa shape index (κ1) is 17.0. The van der Waals surface area contributed by atoms with Crippen molar-refractivity contribution in [2.24, 2.45) is 0 Å². The molecule has 0 bridgehead atoms. The zero-order chi connectivity index (χ0) is 15.1. The van der Waals surface area contributed by atoms with Gasteiger partial charge in [0.15, 0.2) is 0 Å². The van der Waals surface area contributed by atoms with Crippen LogP contribution in [0.2, 0.25) is 0 Å². The Morgan fingerprint density at radius 2 is 1.90 bits per heavy atom. The van der Waals surface area contributed by atoms with Gasteiger partial charge in [-0.1, -0.05) is 19.4 Å². The van der Waals surface area contributed by atoms with Crippen molar-refractivity contribution in [2.45, 2.75) is 52.7 Å². The molecule has 0 aliphatic carbocycles. The van der Waals surface area contributed by atoms with E-state index in [1.165, 1.54) is 16.7 Å². The topological polar surface area (TPSA) is 30.5 Å². The first-order valence-electron chi connectivity index (χ1n) is 7.52. The van der Waals surface area contributed by atoms with E-state index in [0.29, 0.717) is 0 Å². The van der Waals surface area contributed by atoms with Gasteiger partial charge in [0, 0.05) is 12.2 Å². The van der Waals surface area contributed by atoms with E-state index in [9.17, 15) is 0 Å². The number of aryl methyl sites for hydroxylation is 2. The third-order valence-electron chi connectivity index (χ3n) is 3.66. The highest BCUT2D eigenvalue weighted by atomic mass is 16.5. The first-order chi connectivity index (χ1) is 9.58. The van der Waals surface area contributed by atoms with E-state index in [4.69, 9.17) is 9.47 Å². The highest BCUT2D eigenvalue weighted by molar-refractivity contribution is 5.45. The van der Waals surface area contributed by atoms with Crippen molar-refractivity contribution in [2.75, 3.05) is 20.8 Å². The lowest BCUT2D eigenvalue weighted by atomic mass is 9.92. The molecule has 3 nitrogen and oxygen atoms in total. The van der Waals surface area contributed by atoms with Gasteiger partial charge in [-0.2, -0.15) is 0 Å². The molecular weight excluding hydrogens is 250 g/mol. The molecule has 0 saturated carbocycles. The average Bonchev–Trinajstić information content (AvgIpc) is 2.41. The zero-order valence-electron chi connectivity index (χ0n) is 13.7. The number of likely N-dealkylation sites (N-methyl/N-ethyl adjacent to an activating group) is 1. The standard InChI is InChI=1S/C17H29NO2/c1-7-9-14(20-8-2)17(18-5)16-13(4)10-12(3)11-15(16)19-6/h10-11,14,17-18H,7-9H2,1-6H3. The number of methoxy groups -OCH3 is 1. The van der Waals surface area contributed by atoms with E-state index >= 15 is 0 Å². The summed E-state index contributed by atoms with van der Waals surface area (Å²) in [6.07, 6.45) is 2.32. The Balaban J connectivity index is 3.22. The number of hydrogen-bond donors (Lipinski definition) is 1. The number of hydrogen-bond acceptors (Lipinski definition) is 3. The van der Waals surface area contributed by atoms with Crippen LogP contribution >= 0.6 is 0 Å². The van der Waals surface area contributed by atoms with Crippen LogP contribution < -0.4 is 10.1 Å². The van der Waals surface area contributed by atoms with Crippen LogP contribution in [0, 0.1) is 13.8 Å². The highest BCUT2D eigenvalue weighted by Gasteiger charge is 2.26. The van der Waals surface area contributed by atoms with Crippen molar-refractivity contribution >= 4 is 0 Å². The fourth-order valence-electron chi connectivity index (χ4n) is 2.87. The van der Waals surface area contributed by atoms with Gasteiger partial charge in [0.1, 0.15) is 5.75 Å². The molecule has 1 N–H and O–H groups in total. The highest BCUT2D eigenvalue weighted by Crippen LogP contribution is 2.33. The first-order valence-corrected chi connectivity index (χ1v) is 7.52. The van der Waals surface area contributed by atoms with E-state index in [1.54, 1.807) is 7.11 Å². The quantitative estimate of drug-likeness (QED) is 0.785. The van der Waals surface area contributed by atoms with Crippen molar-refractivity contribution in [3.05, 3.63) is 28.8 Å². The molecule has 0 spiro atoms. The van der Waals surface area contributed by atoms with Crippen LogP contribution in [0.15, 0.2) is 12.1 Å². The Labute approximate surface area is 123 Å². The second-order valence-electron chi connectivity index (χ2n) is 5.25. The van der Waals surface area contributed by atoms with E-state index in [-0.39, 0.29) is 12.1 Å². The van der Waals surface area contributed by atoms with E-state index in [1.807, 2.05) is 7.05 Å². The predicted molar refractivity (Wildman–Crippen MR) is 84.6 cm³/mol. The lowest BCUT2D eigenvalue weighted by molar-refractivity contribution is 0.0288. The Morgan fingerprint density at radius 1 is 1.20 bits per heavy atom. The summed E-state index contributed by atoms with van der Waals surface area (Å²) in [6, 6.07) is 4.46. The maximum atomic E-state index is 5.96. The summed E-state index contributed by atoms with van der Waals surface area (Å²) < 4.78 is 11.6. The van der Waals surface area contributed by atoms with Gasteiger partial charge in [0.05, 0.1) is 19.3 Å². The third kappa shape index (κ3) is 3.97. The number of benzene rings is 1.